The molecule has 0 saturated heterocycles. The first-order valence-electron chi connectivity index (χ1n) is 15.1. The van der Waals surface area contributed by atoms with Gasteiger partial charge in [-0.05, 0) is 42.5 Å². The Labute approximate surface area is 261 Å². The molecule has 44 heavy (non-hydrogen) atoms. The number of aryl methyl sites for hydroxylation is 1. The molecule has 10 heteroatoms. The Morgan fingerprint density at radius 1 is 0.909 bits per heavy atom. The van der Waals surface area contributed by atoms with Gasteiger partial charge in [0.2, 0.25) is 21.8 Å². The quantitative estimate of drug-likeness (QED) is 0.279. The topological polar surface area (TPSA) is 105 Å². The van der Waals surface area contributed by atoms with Crippen molar-refractivity contribution in [3.63, 3.8) is 0 Å². The van der Waals surface area contributed by atoms with Crippen molar-refractivity contribution >= 4 is 27.5 Å². The lowest BCUT2D eigenvalue weighted by molar-refractivity contribution is -0.141. The number of carbonyl (C=O) groups is 2. The number of fused-ring (bicyclic) bond motifs is 1. The molecule has 0 spiro atoms. The summed E-state index contributed by atoms with van der Waals surface area (Å²) in [6.45, 7) is 7.71. The molecule has 3 aromatic carbocycles. The van der Waals surface area contributed by atoms with Gasteiger partial charge in [-0.25, -0.2) is 8.42 Å². The molecule has 9 nitrogen and oxygen atoms in total. The number of hydrogen-bond donors (Lipinski definition) is 1. The van der Waals surface area contributed by atoms with E-state index in [0.717, 1.165) is 22.9 Å². The van der Waals surface area contributed by atoms with Gasteiger partial charge in [0, 0.05) is 38.5 Å². The van der Waals surface area contributed by atoms with Gasteiger partial charge in [0.15, 0.2) is 11.5 Å². The lowest BCUT2D eigenvalue weighted by Crippen LogP contribution is -2.51. The molecule has 3 aromatic rings. The van der Waals surface area contributed by atoms with Crippen molar-refractivity contribution in [1.82, 2.24) is 10.2 Å². The lowest BCUT2D eigenvalue weighted by Gasteiger charge is -2.32. The highest BCUT2D eigenvalue weighted by Gasteiger charge is 2.31. The van der Waals surface area contributed by atoms with E-state index in [2.05, 4.69) is 5.32 Å². The van der Waals surface area contributed by atoms with E-state index in [1.807, 2.05) is 75.4 Å². The van der Waals surface area contributed by atoms with Gasteiger partial charge in [-0.3, -0.25) is 13.9 Å². The Bertz CT molecular complexity index is 1510. The van der Waals surface area contributed by atoms with E-state index >= 15 is 0 Å². The molecule has 236 valence electrons. The molecule has 0 aliphatic carbocycles. The number of anilines is 1. The molecular weight excluding hydrogens is 578 g/mol. The summed E-state index contributed by atoms with van der Waals surface area (Å²) in [6, 6.07) is 21.8. The van der Waals surface area contributed by atoms with Crippen LogP contribution in [-0.2, 0) is 32.6 Å². The summed E-state index contributed by atoms with van der Waals surface area (Å²) in [6.07, 6.45) is 1.82. The third-order valence-electron chi connectivity index (χ3n) is 7.40. The molecule has 0 bridgehead atoms. The van der Waals surface area contributed by atoms with Crippen LogP contribution in [0.25, 0.3) is 0 Å². The van der Waals surface area contributed by atoms with Crippen molar-refractivity contribution in [2.45, 2.75) is 52.6 Å². The fourth-order valence-electron chi connectivity index (χ4n) is 5.06. The maximum absolute atomic E-state index is 14.0. The second-order valence-corrected chi connectivity index (χ2v) is 13.5. The zero-order valence-corrected chi connectivity index (χ0v) is 26.8. The van der Waals surface area contributed by atoms with E-state index in [1.165, 1.54) is 4.31 Å². The number of nitrogens with one attached hydrogen (secondary N) is 1. The minimum Gasteiger partial charge on any atom is -0.486 e. The molecule has 0 fully saturated rings. The molecule has 1 unspecified atom stereocenters. The first kappa shape index (κ1) is 32.9. The third kappa shape index (κ3) is 9.22. The maximum atomic E-state index is 14.0. The van der Waals surface area contributed by atoms with Crippen LogP contribution in [0.5, 0.6) is 11.5 Å². The number of amides is 2. The van der Waals surface area contributed by atoms with Crippen LogP contribution in [0.15, 0.2) is 72.8 Å². The summed E-state index contributed by atoms with van der Waals surface area (Å²) in [7, 11) is -3.65. The standard InChI is InChI=1S/C34H43N3O6S/c1-25(2)23-35-34(39)30(21-27-9-6-5-7-10-27)36(24-28-14-12-26(3)13-15-28)33(38)11-8-18-37(44(4,40)41)29-16-17-31-32(22-29)43-20-19-42-31/h5-7,9-10,12-17,22,25,30H,8,11,18-21,23-24H2,1-4H3,(H,35,39). The van der Waals surface area contributed by atoms with Crippen molar-refractivity contribution in [2.24, 2.45) is 5.92 Å². The molecule has 0 saturated carbocycles. The average Bonchev–Trinajstić information content (AvgIpc) is 3.00. The molecular formula is C34H43N3O6S. The number of benzene rings is 3. The van der Waals surface area contributed by atoms with Gasteiger partial charge < -0.3 is 19.7 Å². The summed E-state index contributed by atoms with van der Waals surface area (Å²) >= 11 is 0. The first-order chi connectivity index (χ1) is 21.0. The van der Waals surface area contributed by atoms with Crippen LogP contribution >= 0.6 is 0 Å². The van der Waals surface area contributed by atoms with Gasteiger partial charge in [-0.2, -0.15) is 0 Å². The highest BCUT2D eigenvalue weighted by atomic mass is 32.2. The van der Waals surface area contributed by atoms with Gasteiger partial charge in [-0.15, -0.1) is 0 Å². The number of ether oxygens (including phenoxy) is 2. The third-order valence-corrected chi connectivity index (χ3v) is 8.59. The molecule has 1 N–H and O–H groups in total. The Morgan fingerprint density at radius 3 is 2.25 bits per heavy atom. The zero-order valence-electron chi connectivity index (χ0n) is 26.0. The van der Waals surface area contributed by atoms with Crippen LogP contribution < -0.4 is 19.1 Å². The van der Waals surface area contributed by atoms with Crippen LogP contribution in [0.3, 0.4) is 0 Å². The second-order valence-electron chi connectivity index (χ2n) is 11.6. The summed E-state index contributed by atoms with van der Waals surface area (Å²) in [5, 5.41) is 3.03. The summed E-state index contributed by atoms with van der Waals surface area (Å²) in [4.78, 5) is 29.3. The highest BCUT2D eigenvalue weighted by molar-refractivity contribution is 7.92. The average molecular weight is 622 g/mol. The molecule has 0 aromatic heterocycles. The minimum atomic E-state index is -3.65. The van der Waals surface area contributed by atoms with Crippen LogP contribution in [0.2, 0.25) is 0 Å². The fourth-order valence-corrected chi connectivity index (χ4v) is 6.02. The van der Waals surface area contributed by atoms with Gasteiger partial charge in [0.05, 0.1) is 11.9 Å². The Kier molecular flexibility index (Phi) is 11.3. The molecule has 2 amide bonds. The van der Waals surface area contributed by atoms with Crippen LogP contribution in [-0.4, -0.2) is 63.7 Å². The number of hydrogen-bond acceptors (Lipinski definition) is 6. The fraction of sp³-hybridized carbons (Fsp3) is 0.412. The maximum Gasteiger partial charge on any atom is 0.243 e. The smallest absolute Gasteiger partial charge is 0.243 e. The van der Waals surface area contributed by atoms with E-state index in [4.69, 9.17) is 9.47 Å². The van der Waals surface area contributed by atoms with E-state index in [1.54, 1.807) is 23.1 Å². The van der Waals surface area contributed by atoms with E-state index in [0.29, 0.717) is 43.4 Å². The highest BCUT2D eigenvalue weighted by Crippen LogP contribution is 2.34. The van der Waals surface area contributed by atoms with Crippen molar-refractivity contribution in [1.29, 1.82) is 0 Å². The lowest BCUT2D eigenvalue weighted by atomic mass is 10.0. The Hall–Kier alpha value is -4.05. The molecule has 1 atom stereocenters. The van der Waals surface area contributed by atoms with Crippen LogP contribution in [0.4, 0.5) is 5.69 Å². The summed E-state index contributed by atoms with van der Waals surface area (Å²) in [5.41, 5.74) is 3.39. The van der Waals surface area contributed by atoms with Gasteiger partial charge >= 0.3 is 0 Å². The van der Waals surface area contributed by atoms with Crippen molar-refractivity contribution in [3.05, 3.63) is 89.5 Å². The normalized spacial score (nSPS) is 13.3. The van der Waals surface area contributed by atoms with Crippen LogP contribution in [0.1, 0.15) is 43.4 Å². The largest absolute Gasteiger partial charge is 0.486 e. The predicted octanol–water partition coefficient (Wildman–Crippen LogP) is 4.72. The molecule has 1 aliphatic rings. The van der Waals surface area contributed by atoms with Crippen molar-refractivity contribution in [3.8, 4) is 11.5 Å². The predicted molar refractivity (Wildman–Crippen MR) is 172 cm³/mol. The SMILES string of the molecule is Cc1ccc(CN(C(=O)CCCN(c2ccc3c(c2)OCCO3)S(C)(=O)=O)C(Cc2ccccc2)C(=O)NCC(C)C)cc1. The van der Waals surface area contributed by atoms with Crippen molar-refractivity contribution in [2.75, 3.05) is 36.9 Å². The first-order valence-corrected chi connectivity index (χ1v) is 16.9. The minimum absolute atomic E-state index is 0.0607. The monoisotopic (exact) mass is 621 g/mol. The molecule has 0 radical (unpaired) electrons. The molecule has 1 aliphatic heterocycles. The summed E-state index contributed by atoms with van der Waals surface area (Å²) in [5.74, 6) is 0.869. The Balaban J connectivity index is 1.57. The molecule has 1 heterocycles. The number of sulfonamides is 1. The number of rotatable bonds is 14. The number of carbonyl (C=O) groups excluding carboxylic acids is 2. The van der Waals surface area contributed by atoms with Gasteiger partial charge in [0.1, 0.15) is 19.3 Å². The van der Waals surface area contributed by atoms with Gasteiger partial charge in [-0.1, -0.05) is 74.0 Å². The number of nitrogens with zero attached hydrogens (tertiary/aromatic N) is 2. The molecule has 4 rings (SSSR count). The van der Waals surface area contributed by atoms with Crippen molar-refractivity contribution < 1.29 is 27.5 Å². The van der Waals surface area contributed by atoms with E-state index < -0.39 is 16.1 Å². The Morgan fingerprint density at radius 2 is 1.59 bits per heavy atom. The van der Waals surface area contributed by atoms with Crippen LogP contribution in [0, 0.1) is 12.8 Å². The second kappa shape index (κ2) is 15.1. The zero-order chi connectivity index (χ0) is 31.7. The van der Waals surface area contributed by atoms with E-state index in [-0.39, 0.29) is 43.7 Å². The van der Waals surface area contributed by atoms with Gasteiger partial charge in [0.25, 0.3) is 0 Å². The van der Waals surface area contributed by atoms with E-state index in [9.17, 15) is 18.0 Å². The summed E-state index contributed by atoms with van der Waals surface area (Å²) < 4.78 is 38.1.